The molecule has 0 aliphatic carbocycles. The molecule has 2 aliphatic heterocycles. The van der Waals surface area contributed by atoms with Gasteiger partial charge in [0.25, 0.3) is 0 Å². The molecule has 32 heavy (non-hydrogen) atoms. The van der Waals surface area contributed by atoms with E-state index in [1.165, 1.54) is 16.7 Å². The zero-order chi connectivity index (χ0) is 23.0. The second-order valence-corrected chi connectivity index (χ2v) is 9.27. The summed E-state index contributed by atoms with van der Waals surface area (Å²) in [5.41, 5.74) is 11.4. The van der Waals surface area contributed by atoms with Crippen LogP contribution in [0.25, 0.3) is 0 Å². The number of amides is 1. The number of nitrogens with two attached hydrogens (primary N) is 1. The lowest BCUT2D eigenvalue weighted by Gasteiger charge is -2.22. The van der Waals surface area contributed by atoms with Gasteiger partial charge in [-0.25, -0.2) is 4.98 Å². The van der Waals surface area contributed by atoms with E-state index in [4.69, 9.17) is 17.3 Å². The van der Waals surface area contributed by atoms with Crippen LogP contribution in [0.2, 0.25) is 5.15 Å². The topological polar surface area (TPSA) is 108 Å². The Morgan fingerprint density at radius 1 is 1.31 bits per heavy atom. The molecule has 0 saturated carbocycles. The van der Waals surface area contributed by atoms with Crippen LogP contribution in [0.3, 0.4) is 0 Å². The third-order valence-electron chi connectivity index (χ3n) is 6.83. The highest BCUT2D eigenvalue weighted by atomic mass is 35.5. The predicted molar refractivity (Wildman–Crippen MR) is 125 cm³/mol. The van der Waals surface area contributed by atoms with Crippen molar-refractivity contribution in [1.82, 2.24) is 19.9 Å². The first-order valence-electron chi connectivity index (χ1n) is 11.2. The van der Waals surface area contributed by atoms with E-state index < -0.39 is 0 Å². The summed E-state index contributed by atoms with van der Waals surface area (Å²) in [4.78, 5) is 30.3. The lowest BCUT2D eigenvalue weighted by molar-refractivity contribution is -0.130. The van der Waals surface area contributed by atoms with E-state index >= 15 is 0 Å². The van der Waals surface area contributed by atoms with Crippen molar-refractivity contribution < 1.29 is 9.90 Å². The van der Waals surface area contributed by atoms with Crippen LogP contribution in [-0.2, 0) is 17.8 Å². The number of halogens is 1. The van der Waals surface area contributed by atoms with Crippen LogP contribution in [0.5, 0.6) is 0 Å². The zero-order valence-corrected chi connectivity index (χ0v) is 19.7. The molecule has 2 aliphatic rings. The summed E-state index contributed by atoms with van der Waals surface area (Å²) in [6, 6.07) is 0. The van der Waals surface area contributed by atoms with Gasteiger partial charge in [0, 0.05) is 56.3 Å². The van der Waals surface area contributed by atoms with Crippen molar-refractivity contribution in [2.24, 2.45) is 5.92 Å². The summed E-state index contributed by atoms with van der Waals surface area (Å²) in [5.74, 6) is 0.940. The number of rotatable bonds is 6. The molecule has 2 aromatic rings. The smallest absolute Gasteiger partial charge is 0.223 e. The molecular formula is C23H31ClN6O2. The molecule has 0 aromatic carbocycles. The van der Waals surface area contributed by atoms with Crippen LogP contribution < -0.4 is 10.6 Å². The first-order valence-corrected chi connectivity index (χ1v) is 11.6. The number of hydrogen-bond donors (Lipinski definition) is 2. The number of carbonyl (C=O) groups excluding carboxylic acids is 1. The van der Waals surface area contributed by atoms with Crippen LogP contribution in [0, 0.1) is 19.8 Å². The van der Waals surface area contributed by atoms with E-state index in [0.29, 0.717) is 43.6 Å². The third kappa shape index (κ3) is 4.26. The Kier molecular flexibility index (Phi) is 6.53. The number of aryl methyl sites for hydroxylation is 1. The number of nitrogen functional groups attached to an aromatic ring is 1. The monoisotopic (exact) mass is 458 g/mol. The number of anilines is 2. The van der Waals surface area contributed by atoms with E-state index in [0.717, 1.165) is 24.1 Å². The summed E-state index contributed by atoms with van der Waals surface area (Å²) in [6.07, 6.45) is 4.04. The minimum absolute atomic E-state index is 0.0737. The highest BCUT2D eigenvalue weighted by Gasteiger charge is 2.37. The number of hydrogen-bond acceptors (Lipinski definition) is 7. The number of nitrogens with zero attached hydrogens (tertiary/aromatic N) is 5. The molecular weight excluding hydrogens is 428 g/mol. The minimum atomic E-state index is -0.116. The molecule has 1 amide bonds. The van der Waals surface area contributed by atoms with Gasteiger partial charge in [0.05, 0.1) is 12.2 Å². The fraction of sp³-hybridized carbons (Fsp3) is 0.565. The molecule has 172 valence electrons. The molecule has 9 heteroatoms. The number of aliphatic hydroxyl groups is 1. The fourth-order valence-corrected chi connectivity index (χ4v) is 5.37. The highest BCUT2D eigenvalue weighted by molar-refractivity contribution is 6.30. The molecule has 2 aromatic heterocycles. The molecule has 2 atom stereocenters. The minimum Gasteiger partial charge on any atom is -0.396 e. The second kappa shape index (κ2) is 9.19. The Balaban J connectivity index is 1.59. The lowest BCUT2D eigenvalue weighted by Crippen LogP contribution is -2.31. The Bertz CT molecular complexity index is 1030. The highest BCUT2D eigenvalue weighted by Crippen LogP contribution is 2.42. The normalized spacial score (nSPS) is 20.2. The fourth-order valence-electron chi connectivity index (χ4n) is 5.04. The van der Waals surface area contributed by atoms with Crippen LogP contribution in [0.15, 0.2) is 6.20 Å². The predicted octanol–water partition coefficient (Wildman–Crippen LogP) is 2.62. The third-order valence-corrected chi connectivity index (χ3v) is 7.12. The lowest BCUT2D eigenvalue weighted by atomic mass is 9.99. The Hall–Kier alpha value is -2.45. The molecule has 0 spiro atoms. The molecule has 0 bridgehead atoms. The van der Waals surface area contributed by atoms with E-state index in [1.807, 2.05) is 11.1 Å². The number of aromatic nitrogens is 3. The maximum atomic E-state index is 13.0. The van der Waals surface area contributed by atoms with Crippen molar-refractivity contribution in [2.45, 2.75) is 52.5 Å². The Morgan fingerprint density at radius 2 is 2.09 bits per heavy atom. The summed E-state index contributed by atoms with van der Waals surface area (Å²) in [6.45, 7) is 8.93. The summed E-state index contributed by atoms with van der Waals surface area (Å²) in [7, 11) is 0. The molecule has 4 heterocycles. The second-order valence-electron chi connectivity index (χ2n) is 8.91. The van der Waals surface area contributed by atoms with Crippen molar-refractivity contribution in [1.29, 1.82) is 0 Å². The number of aliphatic hydroxyl groups excluding tert-OH is 1. The molecule has 0 radical (unpaired) electrons. The van der Waals surface area contributed by atoms with Gasteiger partial charge in [-0.1, -0.05) is 18.5 Å². The van der Waals surface area contributed by atoms with Gasteiger partial charge in [-0.05, 0) is 43.4 Å². The maximum absolute atomic E-state index is 13.0. The largest absolute Gasteiger partial charge is 0.396 e. The average Bonchev–Trinajstić information content (AvgIpc) is 3.36. The van der Waals surface area contributed by atoms with Gasteiger partial charge in [-0.3, -0.25) is 9.78 Å². The van der Waals surface area contributed by atoms with Crippen LogP contribution in [-0.4, -0.2) is 57.1 Å². The van der Waals surface area contributed by atoms with E-state index in [2.05, 4.69) is 40.6 Å². The van der Waals surface area contributed by atoms with E-state index in [9.17, 15) is 9.90 Å². The average molecular weight is 459 g/mol. The van der Waals surface area contributed by atoms with Gasteiger partial charge in [0.1, 0.15) is 11.0 Å². The van der Waals surface area contributed by atoms with Gasteiger partial charge in [-0.15, -0.1) is 0 Å². The van der Waals surface area contributed by atoms with Crippen molar-refractivity contribution in [3.63, 3.8) is 0 Å². The first kappa shape index (κ1) is 22.7. The van der Waals surface area contributed by atoms with E-state index in [-0.39, 0.29) is 30.3 Å². The van der Waals surface area contributed by atoms with Crippen LogP contribution in [0.1, 0.15) is 53.6 Å². The van der Waals surface area contributed by atoms with Gasteiger partial charge >= 0.3 is 0 Å². The SMILES string of the molecule is CCc1c(C)cnc(CN2C[C@H](CC(=O)N3CCC(CO)C3)c3c(Cl)nc(N)nc32)c1C. The molecule has 1 fully saturated rings. The van der Waals surface area contributed by atoms with Gasteiger partial charge in [-0.2, -0.15) is 4.98 Å². The number of carbonyl (C=O) groups is 1. The Morgan fingerprint density at radius 3 is 2.78 bits per heavy atom. The Labute approximate surface area is 193 Å². The van der Waals surface area contributed by atoms with Gasteiger partial charge < -0.3 is 20.6 Å². The standard InChI is InChI=1S/C23H31ClN6O2/c1-4-17-13(2)8-26-18(14(17)3)11-30-10-16(20-21(24)27-23(25)28-22(20)30)7-19(32)29-6-5-15(9-29)12-31/h8,15-16,31H,4-7,9-12H2,1-3H3,(H2,25,27,28)/t15?,16-/m0/s1. The molecule has 1 saturated heterocycles. The summed E-state index contributed by atoms with van der Waals surface area (Å²) < 4.78 is 0. The van der Waals surface area contributed by atoms with Crippen molar-refractivity contribution in [3.8, 4) is 0 Å². The summed E-state index contributed by atoms with van der Waals surface area (Å²) in [5, 5.41) is 9.71. The van der Waals surface area contributed by atoms with Crippen LogP contribution in [0.4, 0.5) is 11.8 Å². The van der Waals surface area contributed by atoms with Crippen molar-refractivity contribution >= 4 is 29.3 Å². The number of fused-ring (bicyclic) bond motifs is 1. The summed E-state index contributed by atoms with van der Waals surface area (Å²) >= 11 is 6.50. The van der Waals surface area contributed by atoms with Crippen molar-refractivity contribution in [3.05, 3.63) is 39.3 Å². The quantitative estimate of drug-likeness (QED) is 0.640. The maximum Gasteiger partial charge on any atom is 0.223 e. The van der Waals surface area contributed by atoms with Crippen LogP contribution >= 0.6 is 11.6 Å². The molecule has 4 rings (SSSR count). The first-order chi connectivity index (χ1) is 15.3. The van der Waals surface area contributed by atoms with Gasteiger partial charge in [0.15, 0.2) is 0 Å². The molecule has 3 N–H and O–H groups in total. The molecule has 1 unspecified atom stereocenters. The van der Waals surface area contributed by atoms with Gasteiger partial charge in [0.2, 0.25) is 11.9 Å². The van der Waals surface area contributed by atoms with E-state index in [1.54, 1.807) is 0 Å². The number of pyridine rings is 1. The molecule has 8 nitrogen and oxygen atoms in total. The van der Waals surface area contributed by atoms with Crippen molar-refractivity contribution in [2.75, 3.05) is 36.9 Å². The number of likely N-dealkylation sites (tertiary alicyclic amines) is 1. The zero-order valence-electron chi connectivity index (χ0n) is 18.9.